The van der Waals surface area contributed by atoms with Gasteiger partial charge in [0.05, 0.1) is 31.4 Å². The lowest BCUT2D eigenvalue weighted by molar-refractivity contribution is -0.138. The fraction of sp³-hybridized carbons (Fsp3) is 0.200. The van der Waals surface area contributed by atoms with Gasteiger partial charge in [-0.15, -0.1) is 0 Å². The standard InChI is InChI=1S/C30H27FN2O5/c1-36-23-14-13-21(18-22(23)31)33-28(34)26-24-15-16-30(38-24,27(26)29(35)37-2)25(17-19-9-5-3-6-10-19)32-20-11-7-4-8-12-20/h3-16,18,24-25,32H,17H2,1-2H3,(H,33,34). The molecule has 0 radical (unpaired) electrons. The van der Waals surface area contributed by atoms with Gasteiger partial charge in [-0.05, 0) is 42.3 Å². The van der Waals surface area contributed by atoms with Crippen molar-refractivity contribution in [3.05, 3.63) is 114 Å². The summed E-state index contributed by atoms with van der Waals surface area (Å²) in [5.41, 5.74) is 1.04. The fourth-order valence-electron chi connectivity index (χ4n) is 4.99. The zero-order valence-corrected chi connectivity index (χ0v) is 20.9. The molecule has 3 aromatic rings. The highest BCUT2D eigenvalue weighted by molar-refractivity contribution is 6.12. The zero-order chi connectivity index (χ0) is 26.7. The van der Waals surface area contributed by atoms with Gasteiger partial charge in [-0.2, -0.15) is 0 Å². The fourth-order valence-corrected chi connectivity index (χ4v) is 4.99. The van der Waals surface area contributed by atoms with E-state index in [1.807, 2.05) is 66.7 Å². The summed E-state index contributed by atoms with van der Waals surface area (Å²) in [6, 6.07) is 23.0. The predicted octanol–water partition coefficient (Wildman–Crippen LogP) is 4.67. The van der Waals surface area contributed by atoms with E-state index in [-0.39, 0.29) is 22.6 Å². The van der Waals surface area contributed by atoms with Gasteiger partial charge in [0.25, 0.3) is 5.91 Å². The first-order valence-electron chi connectivity index (χ1n) is 12.2. The number of nitrogens with one attached hydrogen (secondary N) is 2. The van der Waals surface area contributed by atoms with Crippen LogP contribution in [0.25, 0.3) is 0 Å². The van der Waals surface area contributed by atoms with E-state index in [0.29, 0.717) is 6.42 Å². The Morgan fingerprint density at radius 2 is 1.71 bits per heavy atom. The molecule has 3 aromatic carbocycles. The van der Waals surface area contributed by atoms with Gasteiger partial charge in [0.1, 0.15) is 11.7 Å². The largest absolute Gasteiger partial charge is 0.494 e. The minimum atomic E-state index is -1.28. The van der Waals surface area contributed by atoms with E-state index in [1.54, 1.807) is 6.08 Å². The molecular weight excluding hydrogens is 487 g/mol. The average Bonchev–Trinajstić information content (AvgIpc) is 3.52. The summed E-state index contributed by atoms with van der Waals surface area (Å²) >= 11 is 0. The number of hydrogen-bond donors (Lipinski definition) is 2. The van der Waals surface area contributed by atoms with Crippen molar-refractivity contribution >= 4 is 23.3 Å². The molecule has 0 saturated carbocycles. The number of esters is 1. The molecule has 8 heteroatoms. The lowest BCUT2D eigenvalue weighted by Crippen LogP contribution is -2.49. The number of ether oxygens (including phenoxy) is 3. The first kappa shape index (κ1) is 25.2. The molecule has 2 aliphatic heterocycles. The number of rotatable bonds is 9. The zero-order valence-electron chi connectivity index (χ0n) is 20.9. The number of carbonyl (C=O) groups excluding carboxylic acids is 2. The summed E-state index contributed by atoms with van der Waals surface area (Å²) < 4.78 is 30.8. The number of benzene rings is 3. The molecule has 0 spiro atoms. The van der Waals surface area contributed by atoms with Crippen LogP contribution in [0.3, 0.4) is 0 Å². The van der Waals surface area contributed by atoms with Gasteiger partial charge in [-0.1, -0.05) is 54.6 Å². The minimum Gasteiger partial charge on any atom is -0.494 e. The maximum atomic E-state index is 14.3. The van der Waals surface area contributed by atoms with Crippen LogP contribution in [-0.2, 0) is 25.5 Å². The first-order chi connectivity index (χ1) is 18.4. The van der Waals surface area contributed by atoms with E-state index < -0.39 is 35.4 Å². The van der Waals surface area contributed by atoms with E-state index in [4.69, 9.17) is 14.2 Å². The third-order valence-electron chi connectivity index (χ3n) is 6.74. The Morgan fingerprint density at radius 1 is 1.00 bits per heavy atom. The maximum absolute atomic E-state index is 14.3. The van der Waals surface area contributed by atoms with Gasteiger partial charge in [-0.3, -0.25) is 4.79 Å². The molecule has 3 unspecified atom stereocenters. The van der Waals surface area contributed by atoms with Crippen LogP contribution < -0.4 is 15.4 Å². The Balaban J connectivity index is 1.55. The molecule has 7 nitrogen and oxygen atoms in total. The van der Waals surface area contributed by atoms with Crippen LogP contribution in [0.15, 0.2) is 102 Å². The SMILES string of the molecule is COC(=O)C1=C(C(=O)Nc2ccc(OC)c(F)c2)C2C=CC1(C(Cc1ccccc1)Nc1ccccc1)O2. The molecule has 3 atom stereocenters. The van der Waals surface area contributed by atoms with Gasteiger partial charge in [0.2, 0.25) is 0 Å². The lowest BCUT2D eigenvalue weighted by atomic mass is 9.78. The molecule has 0 fully saturated rings. The number of fused-ring (bicyclic) bond motifs is 2. The summed E-state index contributed by atoms with van der Waals surface area (Å²) in [6.07, 6.45) is 3.30. The quantitative estimate of drug-likeness (QED) is 0.319. The molecule has 0 saturated heterocycles. The molecule has 0 aliphatic carbocycles. The number of hydrogen-bond acceptors (Lipinski definition) is 6. The number of halogens is 1. The number of methoxy groups -OCH3 is 2. The minimum absolute atomic E-state index is 0.0540. The highest BCUT2D eigenvalue weighted by Crippen LogP contribution is 2.47. The van der Waals surface area contributed by atoms with E-state index in [9.17, 15) is 14.0 Å². The molecule has 2 N–H and O–H groups in total. The van der Waals surface area contributed by atoms with Crippen LogP contribution in [0.5, 0.6) is 5.75 Å². The van der Waals surface area contributed by atoms with Crippen LogP contribution in [-0.4, -0.2) is 43.8 Å². The molecule has 5 rings (SSSR count). The first-order valence-corrected chi connectivity index (χ1v) is 12.2. The molecule has 2 bridgehead atoms. The molecule has 0 aromatic heterocycles. The van der Waals surface area contributed by atoms with Gasteiger partial charge in [0.15, 0.2) is 11.6 Å². The lowest BCUT2D eigenvalue weighted by Gasteiger charge is -2.36. The Morgan fingerprint density at radius 3 is 2.37 bits per heavy atom. The third-order valence-corrected chi connectivity index (χ3v) is 6.74. The summed E-state index contributed by atoms with van der Waals surface area (Å²) in [7, 11) is 2.63. The van der Waals surface area contributed by atoms with Crippen molar-refractivity contribution in [2.24, 2.45) is 0 Å². The summed E-state index contributed by atoms with van der Waals surface area (Å²) in [5.74, 6) is -1.82. The van der Waals surface area contributed by atoms with E-state index in [2.05, 4.69) is 10.6 Å². The maximum Gasteiger partial charge on any atom is 0.337 e. The van der Waals surface area contributed by atoms with Gasteiger partial charge in [0, 0.05) is 17.4 Å². The number of para-hydroxylation sites is 1. The van der Waals surface area contributed by atoms with Crippen LogP contribution >= 0.6 is 0 Å². The number of amides is 1. The molecular formula is C30H27FN2O5. The third kappa shape index (κ3) is 4.66. The average molecular weight is 515 g/mol. The molecule has 194 valence electrons. The highest BCUT2D eigenvalue weighted by atomic mass is 19.1. The van der Waals surface area contributed by atoms with Gasteiger partial charge < -0.3 is 24.8 Å². The highest BCUT2D eigenvalue weighted by Gasteiger charge is 2.58. The Bertz CT molecular complexity index is 1370. The smallest absolute Gasteiger partial charge is 0.337 e. The van der Waals surface area contributed by atoms with Crippen LogP contribution in [0.4, 0.5) is 15.8 Å². The normalized spacial score (nSPS) is 20.2. The molecule has 1 amide bonds. The monoisotopic (exact) mass is 514 g/mol. The van der Waals surface area contributed by atoms with Crippen molar-refractivity contribution in [3.63, 3.8) is 0 Å². The van der Waals surface area contributed by atoms with Crippen molar-refractivity contribution in [1.82, 2.24) is 0 Å². The Labute approximate surface area is 219 Å². The van der Waals surface area contributed by atoms with Crippen molar-refractivity contribution < 1.29 is 28.2 Å². The van der Waals surface area contributed by atoms with Gasteiger partial charge >= 0.3 is 5.97 Å². The molecule has 38 heavy (non-hydrogen) atoms. The van der Waals surface area contributed by atoms with Crippen molar-refractivity contribution in [1.29, 1.82) is 0 Å². The van der Waals surface area contributed by atoms with Crippen LogP contribution in [0, 0.1) is 5.82 Å². The Hall–Kier alpha value is -4.43. The second-order valence-electron chi connectivity index (χ2n) is 9.03. The van der Waals surface area contributed by atoms with Crippen molar-refractivity contribution in [2.75, 3.05) is 24.9 Å². The Kier molecular flexibility index (Phi) is 6.98. The predicted molar refractivity (Wildman–Crippen MR) is 141 cm³/mol. The number of carbonyl (C=O) groups is 2. The summed E-state index contributed by atoms with van der Waals surface area (Å²) in [5, 5.41) is 6.20. The van der Waals surface area contributed by atoms with Crippen LogP contribution in [0.2, 0.25) is 0 Å². The summed E-state index contributed by atoms with van der Waals surface area (Å²) in [6.45, 7) is 0. The second-order valence-corrected chi connectivity index (χ2v) is 9.03. The van der Waals surface area contributed by atoms with Gasteiger partial charge in [-0.25, -0.2) is 9.18 Å². The number of anilines is 2. The van der Waals surface area contributed by atoms with E-state index in [1.165, 1.54) is 26.4 Å². The molecule has 2 heterocycles. The van der Waals surface area contributed by atoms with E-state index in [0.717, 1.165) is 17.3 Å². The van der Waals surface area contributed by atoms with Crippen molar-refractivity contribution in [3.8, 4) is 5.75 Å². The summed E-state index contributed by atoms with van der Waals surface area (Å²) in [4.78, 5) is 26.8. The van der Waals surface area contributed by atoms with Crippen molar-refractivity contribution in [2.45, 2.75) is 24.2 Å². The van der Waals surface area contributed by atoms with Crippen LogP contribution in [0.1, 0.15) is 5.56 Å². The topological polar surface area (TPSA) is 85.9 Å². The molecule has 2 aliphatic rings. The van der Waals surface area contributed by atoms with E-state index >= 15 is 0 Å². The second kappa shape index (κ2) is 10.5.